The maximum Gasteiger partial charge on any atom is 0.248 e. The number of ether oxygens (including phenoxy) is 1. The van der Waals surface area contributed by atoms with Gasteiger partial charge in [0.15, 0.2) is 0 Å². The summed E-state index contributed by atoms with van der Waals surface area (Å²) in [5.74, 6) is 1.49. The number of amides is 1. The van der Waals surface area contributed by atoms with Crippen LogP contribution in [0, 0.1) is 5.92 Å². The molecule has 1 atom stereocenters. The lowest BCUT2D eigenvalue weighted by Crippen LogP contribution is -2.39. The van der Waals surface area contributed by atoms with Crippen LogP contribution >= 0.6 is 0 Å². The number of imidazole rings is 1. The first-order valence-corrected chi connectivity index (χ1v) is 7.75. The zero-order valence-corrected chi connectivity index (χ0v) is 12.7. The van der Waals surface area contributed by atoms with E-state index in [1.807, 2.05) is 17.3 Å². The molecule has 0 spiro atoms. The van der Waals surface area contributed by atoms with Gasteiger partial charge in [-0.05, 0) is 25.9 Å². The first-order valence-electron chi connectivity index (χ1n) is 7.75. The van der Waals surface area contributed by atoms with Crippen LogP contribution in [0.2, 0.25) is 0 Å². The Morgan fingerprint density at radius 1 is 1.38 bits per heavy atom. The second kappa shape index (κ2) is 6.58. The number of rotatable bonds is 4. The third-order valence-corrected chi connectivity index (χ3v) is 4.40. The van der Waals surface area contributed by atoms with E-state index in [1.54, 1.807) is 7.11 Å². The van der Waals surface area contributed by atoms with Crippen molar-refractivity contribution < 1.29 is 9.53 Å². The molecular formula is C15H24N4O2. The van der Waals surface area contributed by atoms with Gasteiger partial charge in [0.25, 0.3) is 0 Å². The molecule has 0 unspecified atom stereocenters. The summed E-state index contributed by atoms with van der Waals surface area (Å²) in [4.78, 5) is 21.0. The molecule has 1 fully saturated rings. The molecule has 0 aromatic carbocycles. The first-order chi connectivity index (χ1) is 10.3. The predicted octanol–water partition coefficient (Wildman–Crippen LogP) is 0.584. The summed E-state index contributed by atoms with van der Waals surface area (Å²) in [6.45, 7) is 5.93. The Morgan fingerprint density at radius 2 is 2.19 bits per heavy atom. The van der Waals surface area contributed by atoms with Gasteiger partial charge in [-0.3, -0.25) is 4.79 Å². The highest BCUT2D eigenvalue weighted by atomic mass is 16.5. The van der Waals surface area contributed by atoms with Gasteiger partial charge in [0, 0.05) is 45.1 Å². The van der Waals surface area contributed by atoms with Crippen molar-refractivity contribution in [1.29, 1.82) is 0 Å². The van der Waals surface area contributed by atoms with Crippen molar-refractivity contribution in [3.05, 3.63) is 18.2 Å². The van der Waals surface area contributed by atoms with Gasteiger partial charge in [-0.25, -0.2) is 4.98 Å². The van der Waals surface area contributed by atoms with E-state index in [0.29, 0.717) is 12.5 Å². The van der Waals surface area contributed by atoms with Gasteiger partial charge in [0.2, 0.25) is 5.91 Å². The molecule has 0 N–H and O–H groups in total. The van der Waals surface area contributed by atoms with Gasteiger partial charge in [0.1, 0.15) is 12.4 Å². The van der Waals surface area contributed by atoms with E-state index >= 15 is 0 Å². The molecule has 21 heavy (non-hydrogen) atoms. The van der Waals surface area contributed by atoms with Gasteiger partial charge in [-0.15, -0.1) is 0 Å². The lowest BCUT2D eigenvalue weighted by molar-refractivity contribution is -0.136. The fraction of sp³-hybridized carbons (Fsp3) is 0.733. The number of aromatic nitrogens is 2. The molecule has 6 heteroatoms. The highest BCUT2D eigenvalue weighted by Gasteiger charge is 2.27. The fourth-order valence-corrected chi connectivity index (χ4v) is 3.39. The average molecular weight is 292 g/mol. The van der Waals surface area contributed by atoms with Crippen LogP contribution in [0.3, 0.4) is 0 Å². The monoisotopic (exact) mass is 292 g/mol. The third kappa shape index (κ3) is 3.44. The summed E-state index contributed by atoms with van der Waals surface area (Å²) in [7, 11) is 1.57. The molecule has 0 bridgehead atoms. The van der Waals surface area contributed by atoms with Gasteiger partial charge in [-0.2, -0.15) is 0 Å². The fourth-order valence-electron chi connectivity index (χ4n) is 3.39. The topological polar surface area (TPSA) is 50.6 Å². The first kappa shape index (κ1) is 14.5. The van der Waals surface area contributed by atoms with Crippen molar-refractivity contribution in [2.75, 3.05) is 39.9 Å². The minimum absolute atomic E-state index is 0.0559. The summed E-state index contributed by atoms with van der Waals surface area (Å²) in [6, 6.07) is 0. The van der Waals surface area contributed by atoms with E-state index in [-0.39, 0.29) is 12.5 Å². The molecule has 0 radical (unpaired) electrons. The molecule has 1 amide bonds. The van der Waals surface area contributed by atoms with Gasteiger partial charge < -0.3 is 19.1 Å². The Balaban J connectivity index is 1.72. The van der Waals surface area contributed by atoms with Crippen LogP contribution in [0.15, 0.2) is 12.4 Å². The zero-order chi connectivity index (χ0) is 14.7. The highest BCUT2D eigenvalue weighted by molar-refractivity contribution is 5.77. The Bertz CT molecular complexity index is 482. The number of carbonyl (C=O) groups excluding carboxylic acids is 1. The molecule has 6 nitrogen and oxygen atoms in total. The molecule has 2 aliphatic rings. The standard InChI is InChI=1S/C15H24N4O2/c1-21-12-15(20)19-10-13(8-17-5-2-3-6-17)9-18-7-4-16-14(18)11-19/h4,7,13H,2-3,5-6,8-12H2,1H3/t13-/m1/s1. The van der Waals surface area contributed by atoms with Crippen molar-refractivity contribution in [2.45, 2.75) is 25.9 Å². The molecule has 3 heterocycles. The van der Waals surface area contributed by atoms with Crippen LogP contribution in [0.1, 0.15) is 18.7 Å². The number of hydrogen-bond donors (Lipinski definition) is 0. The summed E-state index contributed by atoms with van der Waals surface area (Å²) in [6.07, 6.45) is 6.45. The maximum absolute atomic E-state index is 12.2. The van der Waals surface area contributed by atoms with Crippen molar-refractivity contribution >= 4 is 5.91 Å². The average Bonchev–Trinajstić information content (AvgIpc) is 3.08. The smallest absolute Gasteiger partial charge is 0.248 e. The third-order valence-electron chi connectivity index (χ3n) is 4.40. The molecule has 3 rings (SSSR count). The van der Waals surface area contributed by atoms with Crippen LogP contribution < -0.4 is 0 Å². The molecule has 1 aromatic rings. The number of carbonyl (C=O) groups is 1. The van der Waals surface area contributed by atoms with E-state index in [9.17, 15) is 4.79 Å². The Labute approximate surface area is 125 Å². The van der Waals surface area contributed by atoms with Crippen molar-refractivity contribution in [2.24, 2.45) is 5.92 Å². The van der Waals surface area contributed by atoms with Crippen LogP contribution in [0.4, 0.5) is 0 Å². The summed E-state index contributed by atoms with van der Waals surface area (Å²) < 4.78 is 7.20. The highest BCUT2D eigenvalue weighted by Crippen LogP contribution is 2.18. The van der Waals surface area contributed by atoms with Crippen LogP contribution in [0.5, 0.6) is 0 Å². The Hall–Kier alpha value is -1.40. The molecule has 0 aliphatic carbocycles. The molecule has 2 aliphatic heterocycles. The second-order valence-corrected chi connectivity index (χ2v) is 6.08. The van der Waals surface area contributed by atoms with E-state index in [4.69, 9.17) is 4.74 Å². The summed E-state index contributed by atoms with van der Waals surface area (Å²) in [5.41, 5.74) is 0. The minimum Gasteiger partial charge on any atom is -0.375 e. The van der Waals surface area contributed by atoms with E-state index < -0.39 is 0 Å². The molecule has 116 valence electrons. The number of hydrogen-bond acceptors (Lipinski definition) is 4. The molecule has 0 saturated carbocycles. The van der Waals surface area contributed by atoms with E-state index in [0.717, 1.165) is 25.5 Å². The SMILES string of the molecule is COCC(=O)N1Cc2nccn2C[C@@H](CN2CCCC2)C1. The maximum atomic E-state index is 12.2. The van der Waals surface area contributed by atoms with Gasteiger partial charge in [-0.1, -0.05) is 0 Å². The normalized spacial score (nSPS) is 23.1. The van der Waals surface area contributed by atoms with Gasteiger partial charge >= 0.3 is 0 Å². The minimum atomic E-state index is 0.0559. The van der Waals surface area contributed by atoms with Crippen molar-refractivity contribution in [3.63, 3.8) is 0 Å². The molecule has 1 aromatic heterocycles. The molecule has 1 saturated heterocycles. The number of nitrogens with zero attached hydrogens (tertiary/aromatic N) is 4. The largest absolute Gasteiger partial charge is 0.375 e. The van der Waals surface area contributed by atoms with E-state index in [2.05, 4.69) is 14.5 Å². The Morgan fingerprint density at radius 3 is 2.95 bits per heavy atom. The van der Waals surface area contributed by atoms with Crippen LogP contribution in [-0.4, -0.2) is 65.2 Å². The zero-order valence-electron chi connectivity index (χ0n) is 12.7. The second-order valence-electron chi connectivity index (χ2n) is 6.08. The van der Waals surface area contributed by atoms with Crippen LogP contribution in [0.25, 0.3) is 0 Å². The van der Waals surface area contributed by atoms with E-state index in [1.165, 1.54) is 25.9 Å². The van der Waals surface area contributed by atoms with Gasteiger partial charge in [0.05, 0.1) is 6.54 Å². The summed E-state index contributed by atoms with van der Waals surface area (Å²) >= 11 is 0. The molecular weight excluding hydrogens is 268 g/mol. The lowest BCUT2D eigenvalue weighted by atomic mass is 10.1. The quantitative estimate of drug-likeness (QED) is 0.815. The Kier molecular flexibility index (Phi) is 4.55. The number of fused-ring (bicyclic) bond motifs is 1. The number of methoxy groups -OCH3 is 1. The predicted molar refractivity (Wildman–Crippen MR) is 78.7 cm³/mol. The van der Waals surface area contributed by atoms with Crippen molar-refractivity contribution in [3.8, 4) is 0 Å². The van der Waals surface area contributed by atoms with Crippen molar-refractivity contribution in [1.82, 2.24) is 19.4 Å². The lowest BCUT2D eigenvalue weighted by Gasteiger charge is -2.27. The summed E-state index contributed by atoms with van der Waals surface area (Å²) in [5, 5.41) is 0. The number of likely N-dealkylation sites (tertiary alicyclic amines) is 1. The van der Waals surface area contributed by atoms with Crippen LogP contribution in [-0.2, 0) is 22.6 Å².